The van der Waals surface area contributed by atoms with E-state index in [0.717, 1.165) is 28.7 Å². The Morgan fingerprint density at radius 3 is 2.19 bits per heavy atom. The van der Waals surface area contributed by atoms with Crippen LogP contribution in [0.25, 0.3) is 0 Å². The second-order valence-corrected chi connectivity index (χ2v) is 6.07. The molecule has 0 heterocycles. The summed E-state index contributed by atoms with van der Waals surface area (Å²) in [5.74, 6) is 0. The second kappa shape index (κ2) is 7.57. The third-order valence-corrected chi connectivity index (χ3v) is 4.02. The average Bonchev–Trinajstić information content (AvgIpc) is 2.47. The number of halogens is 1. The Hall–Kier alpha value is -1.39. The van der Waals surface area contributed by atoms with Crippen molar-refractivity contribution in [1.29, 1.82) is 0 Å². The molecule has 2 aromatic carbocycles. The Bertz CT molecular complexity index is 618. The van der Waals surface area contributed by atoms with Gasteiger partial charge in [-0.25, -0.2) is 0 Å². The van der Waals surface area contributed by atoms with Crippen molar-refractivity contribution in [3.8, 4) is 0 Å². The molecule has 2 rings (SSSR count). The molecule has 2 N–H and O–H groups in total. The molecule has 110 valence electrons. The zero-order chi connectivity index (χ0) is 15.2. The molecule has 0 saturated carbocycles. The van der Waals surface area contributed by atoms with E-state index in [9.17, 15) is 0 Å². The lowest BCUT2D eigenvalue weighted by Gasteiger charge is -2.17. The lowest BCUT2D eigenvalue weighted by atomic mass is 10.0. The van der Waals surface area contributed by atoms with E-state index in [0.29, 0.717) is 5.11 Å². The van der Waals surface area contributed by atoms with E-state index in [1.807, 2.05) is 24.3 Å². The van der Waals surface area contributed by atoms with Gasteiger partial charge in [0.25, 0.3) is 0 Å². The third kappa shape index (κ3) is 4.29. The van der Waals surface area contributed by atoms with Crippen LogP contribution in [0.4, 0.5) is 11.4 Å². The number of nitrogens with one attached hydrogen (secondary N) is 2. The quantitative estimate of drug-likeness (QED) is 0.713. The first-order valence-corrected chi connectivity index (χ1v) is 8.28. The molecule has 0 atom stereocenters. The third-order valence-electron chi connectivity index (χ3n) is 3.32. The topological polar surface area (TPSA) is 24.1 Å². The van der Waals surface area contributed by atoms with Gasteiger partial charge < -0.3 is 10.6 Å². The van der Waals surface area contributed by atoms with Gasteiger partial charge in [0.05, 0.1) is 0 Å². The Kier molecular flexibility index (Phi) is 5.76. The lowest BCUT2D eigenvalue weighted by Crippen LogP contribution is -2.20. The van der Waals surface area contributed by atoms with Crippen LogP contribution in [-0.4, -0.2) is 5.11 Å². The van der Waals surface area contributed by atoms with E-state index in [2.05, 4.69) is 58.6 Å². The van der Waals surface area contributed by atoms with Gasteiger partial charge in [-0.2, -0.15) is 0 Å². The van der Waals surface area contributed by atoms with Crippen molar-refractivity contribution in [1.82, 2.24) is 0 Å². The summed E-state index contributed by atoms with van der Waals surface area (Å²) < 4.78 is 1.03. The van der Waals surface area contributed by atoms with Crippen molar-refractivity contribution in [2.75, 3.05) is 10.6 Å². The maximum absolute atomic E-state index is 5.44. The molecule has 0 aliphatic heterocycles. The molecule has 21 heavy (non-hydrogen) atoms. The van der Waals surface area contributed by atoms with Gasteiger partial charge in [-0.1, -0.05) is 54.0 Å². The van der Waals surface area contributed by atoms with Crippen molar-refractivity contribution in [2.24, 2.45) is 0 Å². The predicted molar refractivity (Wildman–Crippen MR) is 99.2 cm³/mol. The summed E-state index contributed by atoms with van der Waals surface area (Å²) in [7, 11) is 0. The molecule has 2 aromatic rings. The highest BCUT2D eigenvalue weighted by atomic mass is 79.9. The van der Waals surface area contributed by atoms with Gasteiger partial charge >= 0.3 is 0 Å². The highest BCUT2D eigenvalue weighted by Gasteiger charge is 2.08. The monoisotopic (exact) mass is 362 g/mol. The van der Waals surface area contributed by atoms with Gasteiger partial charge in [-0.05, 0) is 54.4 Å². The van der Waals surface area contributed by atoms with E-state index in [1.165, 1.54) is 11.1 Å². The minimum absolute atomic E-state index is 0.615. The van der Waals surface area contributed by atoms with Gasteiger partial charge in [-0.3, -0.25) is 0 Å². The fourth-order valence-electron chi connectivity index (χ4n) is 2.25. The first-order valence-electron chi connectivity index (χ1n) is 7.08. The smallest absolute Gasteiger partial charge is 0.175 e. The molecule has 0 fully saturated rings. The molecule has 0 aliphatic rings. The minimum Gasteiger partial charge on any atom is -0.332 e. The van der Waals surface area contributed by atoms with Crippen LogP contribution < -0.4 is 10.6 Å². The Balaban J connectivity index is 2.16. The predicted octanol–water partition coefficient (Wildman–Crippen LogP) is 5.38. The summed E-state index contributed by atoms with van der Waals surface area (Å²) in [5, 5.41) is 7.19. The molecule has 4 heteroatoms. The van der Waals surface area contributed by atoms with Crippen molar-refractivity contribution in [2.45, 2.75) is 26.7 Å². The maximum atomic E-state index is 5.44. The normalized spacial score (nSPS) is 10.2. The molecule has 0 spiro atoms. The van der Waals surface area contributed by atoms with Crippen molar-refractivity contribution in [3.05, 3.63) is 58.1 Å². The van der Waals surface area contributed by atoms with E-state index < -0.39 is 0 Å². The number of hydrogen-bond donors (Lipinski definition) is 2. The summed E-state index contributed by atoms with van der Waals surface area (Å²) >= 11 is 8.90. The first-order chi connectivity index (χ1) is 10.1. The van der Waals surface area contributed by atoms with Crippen LogP contribution in [-0.2, 0) is 12.8 Å². The molecule has 0 saturated heterocycles. The highest BCUT2D eigenvalue weighted by Crippen LogP contribution is 2.23. The maximum Gasteiger partial charge on any atom is 0.175 e. The molecule has 0 aromatic heterocycles. The molecular weight excluding hydrogens is 344 g/mol. The van der Waals surface area contributed by atoms with E-state index >= 15 is 0 Å². The van der Waals surface area contributed by atoms with Crippen LogP contribution in [0, 0.1) is 0 Å². The summed E-state index contributed by atoms with van der Waals surface area (Å²) in [5.41, 5.74) is 4.67. The summed E-state index contributed by atoms with van der Waals surface area (Å²) in [6, 6.07) is 14.3. The van der Waals surface area contributed by atoms with Crippen LogP contribution >= 0.6 is 28.1 Å². The van der Waals surface area contributed by atoms with E-state index in [-0.39, 0.29) is 0 Å². The zero-order valence-corrected chi connectivity index (χ0v) is 14.6. The Morgan fingerprint density at radius 1 is 1.00 bits per heavy atom. The van der Waals surface area contributed by atoms with Crippen LogP contribution in [0.2, 0.25) is 0 Å². The standard InChI is InChI=1S/C17H19BrN2S/c1-3-12-7-5-8-13(4-2)16(12)20-17(21)19-15-10-6-9-14(18)11-15/h5-11H,3-4H2,1-2H3,(H2,19,20,21). The van der Waals surface area contributed by atoms with E-state index in [1.54, 1.807) is 0 Å². The second-order valence-electron chi connectivity index (χ2n) is 4.75. The fourth-order valence-corrected chi connectivity index (χ4v) is 2.86. The molecule has 0 aliphatic carbocycles. The summed E-state index contributed by atoms with van der Waals surface area (Å²) in [6.45, 7) is 4.31. The summed E-state index contributed by atoms with van der Waals surface area (Å²) in [4.78, 5) is 0. The van der Waals surface area contributed by atoms with Gasteiger partial charge in [0.15, 0.2) is 5.11 Å². The molecular formula is C17H19BrN2S. The number of thiocarbonyl (C=S) groups is 1. The van der Waals surface area contributed by atoms with Gasteiger partial charge in [-0.15, -0.1) is 0 Å². The largest absolute Gasteiger partial charge is 0.332 e. The number of hydrogen-bond acceptors (Lipinski definition) is 1. The Labute approximate surface area is 140 Å². The first kappa shape index (κ1) is 16.0. The molecule has 0 radical (unpaired) electrons. The molecule has 0 amide bonds. The van der Waals surface area contributed by atoms with Crippen LogP contribution in [0.15, 0.2) is 46.9 Å². The van der Waals surface area contributed by atoms with Gasteiger partial charge in [0.1, 0.15) is 0 Å². The van der Waals surface area contributed by atoms with Crippen molar-refractivity contribution in [3.63, 3.8) is 0 Å². The average molecular weight is 363 g/mol. The molecule has 2 nitrogen and oxygen atoms in total. The minimum atomic E-state index is 0.615. The van der Waals surface area contributed by atoms with Crippen molar-refractivity contribution < 1.29 is 0 Å². The number of rotatable bonds is 4. The zero-order valence-electron chi connectivity index (χ0n) is 12.2. The van der Waals surface area contributed by atoms with Crippen LogP contribution in [0.5, 0.6) is 0 Å². The number of para-hydroxylation sites is 1. The number of benzene rings is 2. The lowest BCUT2D eigenvalue weighted by molar-refractivity contribution is 1.09. The SMILES string of the molecule is CCc1cccc(CC)c1NC(=S)Nc1cccc(Br)c1. The molecule has 0 bridgehead atoms. The van der Waals surface area contributed by atoms with E-state index in [4.69, 9.17) is 12.2 Å². The number of anilines is 2. The van der Waals surface area contributed by atoms with Gasteiger partial charge in [0.2, 0.25) is 0 Å². The fraction of sp³-hybridized carbons (Fsp3) is 0.235. The van der Waals surface area contributed by atoms with Crippen molar-refractivity contribution >= 4 is 44.6 Å². The summed E-state index contributed by atoms with van der Waals surface area (Å²) in [6.07, 6.45) is 1.96. The Morgan fingerprint density at radius 2 is 1.62 bits per heavy atom. The molecule has 0 unspecified atom stereocenters. The number of aryl methyl sites for hydroxylation is 2. The van der Waals surface area contributed by atoms with Crippen LogP contribution in [0.3, 0.4) is 0 Å². The highest BCUT2D eigenvalue weighted by molar-refractivity contribution is 9.10. The van der Waals surface area contributed by atoms with Crippen LogP contribution in [0.1, 0.15) is 25.0 Å². The van der Waals surface area contributed by atoms with Gasteiger partial charge in [0, 0.05) is 15.8 Å².